The highest BCUT2D eigenvalue weighted by molar-refractivity contribution is 7.80. The first-order chi connectivity index (χ1) is 8.54. The molecule has 0 bridgehead atoms. The number of halogens is 1. The molecule has 1 amide bonds. The molecule has 0 saturated carbocycles. The highest BCUT2D eigenvalue weighted by atomic mass is 35.5. The van der Waals surface area contributed by atoms with Crippen molar-refractivity contribution in [3.63, 3.8) is 0 Å². The molecule has 0 aliphatic rings. The van der Waals surface area contributed by atoms with Crippen molar-refractivity contribution >= 4 is 34.7 Å². The average molecular weight is 285 g/mol. The van der Waals surface area contributed by atoms with Crippen LogP contribution in [0.4, 0.5) is 0 Å². The minimum atomic E-state index is -0.385. The van der Waals surface area contributed by atoms with Crippen LogP contribution in [-0.2, 0) is 11.3 Å². The third-order valence-corrected chi connectivity index (χ3v) is 3.11. The van der Waals surface area contributed by atoms with E-state index in [1.165, 1.54) is 0 Å². The van der Waals surface area contributed by atoms with Gasteiger partial charge in [0.05, 0.1) is 10.9 Å². The molecule has 0 aromatic heterocycles. The number of hydrogen-bond acceptors (Lipinski definition) is 2. The fourth-order valence-corrected chi connectivity index (χ4v) is 2.09. The molecule has 0 aliphatic carbocycles. The molecule has 1 aromatic rings. The summed E-state index contributed by atoms with van der Waals surface area (Å²) in [5.74, 6) is -0.506. The lowest BCUT2D eigenvalue weighted by Gasteiger charge is -2.14. The molecule has 1 atom stereocenters. The molecule has 98 valence electrons. The highest BCUT2D eigenvalue weighted by Crippen LogP contribution is 2.11. The standard InChI is InChI=1S/C13H17ClN2OS/c1-2-4-11(12(15)18)13(17)16-8-9-5-3-6-10(14)7-9/h3,5-7,11H,2,4,8H2,1H3,(H2,15,18)(H,16,17). The number of hydrogen-bond donors (Lipinski definition) is 2. The van der Waals surface area contributed by atoms with Crippen LogP contribution in [0.1, 0.15) is 25.3 Å². The Bertz CT molecular complexity index is 437. The zero-order valence-corrected chi connectivity index (χ0v) is 11.9. The van der Waals surface area contributed by atoms with Gasteiger partial charge in [-0.1, -0.05) is 49.3 Å². The van der Waals surface area contributed by atoms with Crippen LogP contribution in [0.5, 0.6) is 0 Å². The van der Waals surface area contributed by atoms with E-state index in [1.807, 2.05) is 25.1 Å². The second-order valence-electron chi connectivity index (χ2n) is 4.09. The third kappa shape index (κ3) is 4.63. The lowest BCUT2D eigenvalue weighted by atomic mass is 10.0. The Hall–Kier alpha value is -1.13. The van der Waals surface area contributed by atoms with Gasteiger partial charge in [-0.15, -0.1) is 0 Å². The summed E-state index contributed by atoms with van der Waals surface area (Å²) in [4.78, 5) is 12.2. The van der Waals surface area contributed by atoms with Crippen LogP contribution >= 0.6 is 23.8 Å². The summed E-state index contributed by atoms with van der Waals surface area (Å²) in [6.45, 7) is 2.43. The Labute approximate surface area is 118 Å². The maximum absolute atomic E-state index is 11.9. The SMILES string of the molecule is CCCC(C(=O)NCc1cccc(Cl)c1)C(N)=S. The maximum Gasteiger partial charge on any atom is 0.230 e. The number of nitrogens with one attached hydrogen (secondary N) is 1. The molecule has 3 N–H and O–H groups in total. The largest absolute Gasteiger partial charge is 0.393 e. The van der Waals surface area contributed by atoms with Crippen molar-refractivity contribution in [3.8, 4) is 0 Å². The van der Waals surface area contributed by atoms with Gasteiger partial charge in [-0.25, -0.2) is 0 Å². The molecule has 18 heavy (non-hydrogen) atoms. The fourth-order valence-electron chi connectivity index (χ4n) is 1.65. The first kappa shape index (κ1) is 14.9. The topological polar surface area (TPSA) is 55.1 Å². The molecule has 0 saturated heterocycles. The molecule has 0 aliphatic heterocycles. The molecule has 1 aromatic carbocycles. The monoisotopic (exact) mass is 284 g/mol. The number of nitrogens with two attached hydrogens (primary N) is 1. The zero-order chi connectivity index (χ0) is 13.5. The Morgan fingerprint density at radius 1 is 1.56 bits per heavy atom. The van der Waals surface area contributed by atoms with Crippen molar-refractivity contribution in [2.75, 3.05) is 0 Å². The Morgan fingerprint density at radius 3 is 2.83 bits per heavy atom. The summed E-state index contributed by atoms with van der Waals surface area (Å²) >= 11 is 10.8. The van der Waals surface area contributed by atoms with Gasteiger partial charge >= 0.3 is 0 Å². The first-order valence-electron chi connectivity index (χ1n) is 5.86. The second kappa shape index (κ2) is 7.34. The van der Waals surface area contributed by atoms with Gasteiger partial charge in [0, 0.05) is 11.6 Å². The second-order valence-corrected chi connectivity index (χ2v) is 5.00. The van der Waals surface area contributed by atoms with Crippen LogP contribution in [0.15, 0.2) is 24.3 Å². The van der Waals surface area contributed by atoms with E-state index in [2.05, 4.69) is 5.32 Å². The summed E-state index contributed by atoms with van der Waals surface area (Å²) in [7, 11) is 0. The quantitative estimate of drug-likeness (QED) is 0.790. The number of carbonyl (C=O) groups excluding carboxylic acids is 1. The average Bonchev–Trinajstić information content (AvgIpc) is 2.32. The van der Waals surface area contributed by atoms with E-state index in [0.717, 1.165) is 12.0 Å². The van der Waals surface area contributed by atoms with Crippen molar-refractivity contribution in [1.29, 1.82) is 0 Å². The Morgan fingerprint density at radius 2 is 2.28 bits per heavy atom. The molecular formula is C13H17ClN2OS. The van der Waals surface area contributed by atoms with Crippen molar-refractivity contribution < 1.29 is 4.79 Å². The van der Waals surface area contributed by atoms with Crippen molar-refractivity contribution in [2.24, 2.45) is 11.7 Å². The van der Waals surface area contributed by atoms with E-state index in [0.29, 0.717) is 18.0 Å². The summed E-state index contributed by atoms with van der Waals surface area (Å²) in [5, 5.41) is 3.48. The zero-order valence-electron chi connectivity index (χ0n) is 10.3. The predicted octanol–water partition coefficient (Wildman–Crippen LogP) is 2.66. The Kier molecular flexibility index (Phi) is 6.09. The molecule has 0 radical (unpaired) electrons. The summed E-state index contributed by atoms with van der Waals surface area (Å²) in [6, 6.07) is 7.36. The number of carbonyl (C=O) groups is 1. The number of rotatable bonds is 6. The van der Waals surface area contributed by atoms with Gasteiger partial charge in [0.25, 0.3) is 0 Å². The van der Waals surface area contributed by atoms with Crippen LogP contribution < -0.4 is 11.1 Å². The van der Waals surface area contributed by atoms with Crippen LogP contribution in [0.25, 0.3) is 0 Å². The van der Waals surface area contributed by atoms with Crippen LogP contribution in [-0.4, -0.2) is 10.9 Å². The first-order valence-corrected chi connectivity index (χ1v) is 6.64. The number of amides is 1. The lowest BCUT2D eigenvalue weighted by molar-refractivity contribution is -0.123. The molecule has 1 rings (SSSR count). The maximum atomic E-state index is 11.9. The highest BCUT2D eigenvalue weighted by Gasteiger charge is 2.19. The molecule has 3 nitrogen and oxygen atoms in total. The normalized spacial score (nSPS) is 11.9. The Balaban J connectivity index is 2.56. The molecule has 5 heteroatoms. The van der Waals surface area contributed by atoms with E-state index < -0.39 is 0 Å². The smallest absolute Gasteiger partial charge is 0.230 e. The van der Waals surface area contributed by atoms with Gasteiger partial charge < -0.3 is 11.1 Å². The molecular weight excluding hydrogens is 268 g/mol. The lowest BCUT2D eigenvalue weighted by Crippen LogP contribution is -2.37. The minimum Gasteiger partial charge on any atom is -0.393 e. The molecule has 0 spiro atoms. The summed E-state index contributed by atoms with van der Waals surface area (Å²) < 4.78 is 0. The van der Waals surface area contributed by atoms with Gasteiger partial charge in [0.15, 0.2) is 0 Å². The number of thiocarbonyl (C=S) groups is 1. The van der Waals surface area contributed by atoms with E-state index >= 15 is 0 Å². The van der Waals surface area contributed by atoms with Gasteiger partial charge in [-0.05, 0) is 24.1 Å². The van der Waals surface area contributed by atoms with Crippen molar-refractivity contribution in [2.45, 2.75) is 26.3 Å². The minimum absolute atomic E-state index is 0.121. The predicted molar refractivity (Wildman–Crippen MR) is 78.5 cm³/mol. The van der Waals surface area contributed by atoms with E-state index in [1.54, 1.807) is 6.07 Å². The van der Waals surface area contributed by atoms with Crippen LogP contribution in [0, 0.1) is 5.92 Å². The molecule has 0 fully saturated rings. The molecule has 1 unspecified atom stereocenters. The van der Waals surface area contributed by atoms with Gasteiger partial charge in [-0.2, -0.15) is 0 Å². The van der Waals surface area contributed by atoms with Crippen LogP contribution in [0.2, 0.25) is 5.02 Å². The van der Waals surface area contributed by atoms with Gasteiger partial charge in [0.2, 0.25) is 5.91 Å². The van der Waals surface area contributed by atoms with Crippen LogP contribution in [0.3, 0.4) is 0 Å². The van der Waals surface area contributed by atoms with E-state index in [9.17, 15) is 4.79 Å². The number of benzene rings is 1. The molecule has 0 heterocycles. The summed E-state index contributed by atoms with van der Waals surface area (Å²) in [6.07, 6.45) is 1.54. The van der Waals surface area contributed by atoms with Crippen molar-refractivity contribution in [3.05, 3.63) is 34.9 Å². The third-order valence-electron chi connectivity index (χ3n) is 2.59. The van der Waals surface area contributed by atoms with Crippen molar-refractivity contribution in [1.82, 2.24) is 5.32 Å². The van der Waals surface area contributed by atoms with Gasteiger partial charge in [0.1, 0.15) is 0 Å². The summed E-state index contributed by atoms with van der Waals surface area (Å²) in [5.41, 5.74) is 6.52. The van der Waals surface area contributed by atoms with E-state index in [-0.39, 0.29) is 16.8 Å². The van der Waals surface area contributed by atoms with Gasteiger partial charge in [-0.3, -0.25) is 4.79 Å². The van der Waals surface area contributed by atoms with E-state index in [4.69, 9.17) is 29.6 Å². The fraction of sp³-hybridized carbons (Fsp3) is 0.385.